The Morgan fingerprint density at radius 1 is 0.679 bits per heavy atom. The van der Waals surface area contributed by atoms with Gasteiger partial charge < -0.3 is 4.90 Å². The molecular weight excluding hydrogens is 340 g/mol. The first-order chi connectivity index (χ1) is 13.9. The Kier molecular flexibility index (Phi) is 4.54. The highest BCUT2D eigenvalue weighted by molar-refractivity contribution is 6.13. The van der Waals surface area contributed by atoms with E-state index in [1.165, 1.54) is 65.1 Å². The molecule has 0 amide bonds. The number of benzene rings is 4. The topological polar surface area (TPSA) is 15.6 Å². The summed E-state index contributed by atoms with van der Waals surface area (Å²) in [6.07, 6.45) is 5.99. The molecule has 138 valence electrons. The molecule has 0 atom stereocenters. The van der Waals surface area contributed by atoms with Crippen LogP contribution in [0.4, 0.5) is 11.4 Å². The predicted molar refractivity (Wildman–Crippen MR) is 121 cm³/mol. The Morgan fingerprint density at radius 3 is 1.93 bits per heavy atom. The first-order valence-corrected chi connectivity index (χ1v) is 10.2. The van der Waals surface area contributed by atoms with Crippen molar-refractivity contribution in [1.82, 2.24) is 0 Å². The van der Waals surface area contributed by atoms with Crippen LogP contribution in [0.1, 0.15) is 24.8 Å². The summed E-state index contributed by atoms with van der Waals surface area (Å²) in [4.78, 5) is 7.30. The van der Waals surface area contributed by atoms with Crippen molar-refractivity contribution in [2.45, 2.75) is 19.3 Å². The Bertz CT molecular complexity index is 1080. The van der Waals surface area contributed by atoms with E-state index in [0.717, 1.165) is 5.69 Å². The lowest BCUT2D eigenvalue weighted by atomic mass is 9.97. The normalized spacial score (nSPS) is 14.9. The Balaban J connectivity index is 1.51. The molecule has 2 nitrogen and oxygen atoms in total. The second-order valence-corrected chi connectivity index (χ2v) is 7.55. The fourth-order valence-electron chi connectivity index (χ4n) is 4.23. The predicted octanol–water partition coefficient (Wildman–Crippen LogP) is 6.73. The van der Waals surface area contributed by atoms with Crippen LogP contribution in [0, 0.1) is 0 Å². The van der Waals surface area contributed by atoms with Crippen LogP contribution in [0.5, 0.6) is 0 Å². The minimum atomic E-state index is 0.998. The van der Waals surface area contributed by atoms with E-state index >= 15 is 0 Å². The highest BCUT2D eigenvalue weighted by atomic mass is 15.1. The first-order valence-electron chi connectivity index (χ1n) is 10.2. The van der Waals surface area contributed by atoms with Crippen molar-refractivity contribution < 1.29 is 0 Å². The van der Waals surface area contributed by atoms with Crippen molar-refractivity contribution in [3.05, 3.63) is 84.4 Å². The van der Waals surface area contributed by atoms with Crippen LogP contribution < -0.4 is 4.90 Å². The van der Waals surface area contributed by atoms with E-state index in [2.05, 4.69) is 83.8 Å². The van der Waals surface area contributed by atoms with Gasteiger partial charge in [-0.3, -0.25) is 4.99 Å². The van der Waals surface area contributed by atoms with E-state index in [4.69, 9.17) is 4.99 Å². The van der Waals surface area contributed by atoms with Gasteiger partial charge in [0.1, 0.15) is 0 Å². The number of anilines is 1. The highest BCUT2D eigenvalue weighted by Gasteiger charge is 2.10. The van der Waals surface area contributed by atoms with Gasteiger partial charge in [-0.05, 0) is 71.1 Å². The fourth-order valence-corrected chi connectivity index (χ4v) is 4.23. The van der Waals surface area contributed by atoms with Crippen LogP contribution in [0.25, 0.3) is 21.5 Å². The third-order valence-corrected chi connectivity index (χ3v) is 5.73. The first kappa shape index (κ1) is 17.0. The smallest absolute Gasteiger partial charge is 0.0631 e. The Labute approximate surface area is 166 Å². The van der Waals surface area contributed by atoms with Crippen LogP contribution >= 0.6 is 0 Å². The molecule has 0 radical (unpaired) electrons. The van der Waals surface area contributed by atoms with Gasteiger partial charge >= 0.3 is 0 Å². The standard InChI is InChI=1S/C26H24N2/c1-6-16-28(17-7-1)23-14-12-22(13-15-23)27-19-26-24-10-4-2-8-20(24)18-21-9-3-5-11-25(21)26/h2-5,8-15,18-19H,1,6-7,16-17H2. The monoisotopic (exact) mass is 364 g/mol. The molecule has 0 bridgehead atoms. The summed E-state index contributed by atoms with van der Waals surface area (Å²) in [5.74, 6) is 0. The molecule has 1 heterocycles. The van der Waals surface area contributed by atoms with Crippen LogP contribution in [-0.2, 0) is 0 Å². The van der Waals surface area contributed by atoms with Crippen LogP contribution in [0.2, 0.25) is 0 Å². The number of nitrogens with zero attached hydrogens (tertiary/aromatic N) is 2. The minimum absolute atomic E-state index is 0.998. The van der Waals surface area contributed by atoms with Crippen LogP contribution in [-0.4, -0.2) is 19.3 Å². The van der Waals surface area contributed by atoms with Crippen molar-refractivity contribution in [1.29, 1.82) is 0 Å². The van der Waals surface area contributed by atoms with Gasteiger partial charge in [0, 0.05) is 30.6 Å². The van der Waals surface area contributed by atoms with Crippen molar-refractivity contribution in [2.24, 2.45) is 4.99 Å². The Morgan fingerprint density at radius 2 is 1.29 bits per heavy atom. The third-order valence-electron chi connectivity index (χ3n) is 5.73. The molecule has 1 aliphatic heterocycles. The largest absolute Gasteiger partial charge is 0.372 e. The van der Waals surface area contributed by atoms with Gasteiger partial charge in [-0.15, -0.1) is 0 Å². The third kappa shape index (κ3) is 3.27. The molecule has 4 aromatic rings. The van der Waals surface area contributed by atoms with Gasteiger partial charge in [0.2, 0.25) is 0 Å². The zero-order chi connectivity index (χ0) is 18.8. The molecule has 1 aliphatic rings. The molecule has 1 fully saturated rings. The summed E-state index contributed by atoms with van der Waals surface area (Å²) in [6.45, 7) is 2.34. The molecule has 28 heavy (non-hydrogen) atoms. The second-order valence-electron chi connectivity index (χ2n) is 7.55. The van der Waals surface area contributed by atoms with E-state index in [9.17, 15) is 0 Å². The maximum Gasteiger partial charge on any atom is 0.0631 e. The molecule has 5 rings (SSSR count). The number of fused-ring (bicyclic) bond motifs is 2. The highest BCUT2D eigenvalue weighted by Crippen LogP contribution is 2.28. The average molecular weight is 364 g/mol. The average Bonchev–Trinajstić information content (AvgIpc) is 2.77. The maximum absolute atomic E-state index is 4.82. The minimum Gasteiger partial charge on any atom is -0.372 e. The summed E-state index contributed by atoms with van der Waals surface area (Å²) in [5, 5.41) is 5.00. The molecule has 0 saturated carbocycles. The van der Waals surface area contributed by atoms with E-state index in [1.807, 2.05) is 6.21 Å². The quantitative estimate of drug-likeness (QED) is 0.290. The summed E-state index contributed by atoms with van der Waals surface area (Å²) in [7, 11) is 0. The fraction of sp³-hybridized carbons (Fsp3) is 0.192. The number of piperidine rings is 1. The summed E-state index contributed by atoms with van der Waals surface area (Å²) in [5.41, 5.74) is 3.50. The molecule has 1 saturated heterocycles. The molecule has 2 heteroatoms. The van der Waals surface area contributed by atoms with E-state index in [0.29, 0.717) is 0 Å². The zero-order valence-electron chi connectivity index (χ0n) is 16.0. The van der Waals surface area contributed by atoms with Crippen molar-refractivity contribution >= 4 is 39.1 Å². The van der Waals surface area contributed by atoms with E-state index in [1.54, 1.807) is 0 Å². The maximum atomic E-state index is 4.82. The van der Waals surface area contributed by atoms with Crippen molar-refractivity contribution in [3.63, 3.8) is 0 Å². The number of aliphatic imine (C=N–C) groups is 1. The van der Waals surface area contributed by atoms with E-state index < -0.39 is 0 Å². The molecule has 0 aliphatic carbocycles. The lowest BCUT2D eigenvalue weighted by Gasteiger charge is -2.28. The van der Waals surface area contributed by atoms with E-state index in [-0.39, 0.29) is 0 Å². The van der Waals surface area contributed by atoms with Gasteiger partial charge in [0.05, 0.1) is 5.69 Å². The molecule has 0 N–H and O–H groups in total. The van der Waals surface area contributed by atoms with Gasteiger partial charge in [0.15, 0.2) is 0 Å². The lowest BCUT2D eigenvalue weighted by molar-refractivity contribution is 0.578. The lowest BCUT2D eigenvalue weighted by Crippen LogP contribution is -2.29. The summed E-state index contributed by atoms with van der Waals surface area (Å²) >= 11 is 0. The second kappa shape index (κ2) is 7.47. The zero-order valence-corrected chi connectivity index (χ0v) is 16.0. The molecule has 0 aromatic heterocycles. The van der Waals surface area contributed by atoms with Gasteiger partial charge in [0.25, 0.3) is 0 Å². The molecular formula is C26H24N2. The summed E-state index contributed by atoms with van der Waals surface area (Å²) in [6, 6.07) is 28.0. The number of rotatable bonds is 3. The number of hydrogen-bond acceptors (Lipinski definition) is 2. The summed E-state index contributed by atoms with van der Waals surface area (Å²) < 4.78 is 0. The van der Waals surface area contributed by atoms with Crippen LogP contribution in [0.3, 0.4) is 0 Å². The van der Waals surface area contributed by atoms with Crippen LogP contribution in [0.15, 0.2) is 83.9 Å². The molecule has 0 unspecified atom stereocenters. The number of hydrogen-bond donors (Lipinski definition) is 0. The molecule has 4 aromatic carbocycles. The Hall–Kier alpha value is -3.13. The van der Waals surface area contributed by atoms with Gasteiger partial charge in [-0.25, -0.2) is 0 Å². The van der Waals surface area contributed by atoms with Gasteiger partial charge in [-0.1, -0.05) is 48.5 Å². The van der Waals surface area contributed by atoms with Crippen molar-refractivity contribution in [2.75, 3.05) is 18.0 Å². The van der Waals surface area contributed by atoms with Gasteiger partial charge in [-0.2, -0.15) is 0 Å². The molecule has 0 spiro atoms. The SMILES string of the molecule is C(=Nc1ccc(N2CCCCC2)cc1)c1c2ccccc2cc2ccccc12. The van der Waals surface area contributed by atoms with Crippen molar-refractivity contribution in [3.8, 4) is 0 Å².